The molecule has 0 atom stereocenters. The van der Waals surface area contributed by atoms with Gasteiger partial charge in [-0.25, -0.2) is 4.98 Å². The van der Waals surface area contributed by atoms with Gasteiger partial charge in [0.25, 0.3) is 0 Å². The van der Waals surface area contributed by atoms with Crippen LogP contribution >= 0.6 is 11.6 Å². The number of pyridine rings is 1. The van der Waals surface area contributed by atoms with Crippen molar-refractivity contribution in [3.05, 3.63) is 47.2 Å². The summed E-state index contributed by atoms with van der Waals surface area (Å²) >= 11 is 5.98. The molecular formula is C13H8BClF3N3O2. The van der Waals surface area contributed by atoms with Gasteiger partial charge < -0.3 is 9.76 Å². The van der Waals surface area contributed by atoms with E-state index in [0.29, 0.717) is 16.7 Å². The van der Waals surface area contributed by atoms with Gasteiger partial charge >= 0.3 is 13.4 Å². The number of ether oxygens (including phenoxy) is 1. The number of benzene rings is 1. The van der Waals surface area contributed by atoms with Crippen molar-refractivity contribution in [2.75, 3.05) is 4.92 Å². The second-order valence-electron chi connectivity index (χ2n) is 4.61. The van der Waals surface area contributed by atoms with Crippen LogP contribution in [0, 0.1) is 0 Å². The lowest BCUT2D eigenvalue weighted by molar-refractivity contribution is -0.274. The number of aromatic nitrogens is 1. The van der Waals surface area contributed by atoms with Crippen LogP contribution in [0.5, 0.6) is 5.75 Å². The van der Waals surface area contributed by atoms with Gasteiger partial charge in [0.1, 0.15) is 10.9 Å². The number of hydrogen-bond donors (Lipinski definition) is 1. The van der Waals surface area contributed by atoms with E-state index in [1.807, 2.05) is 0 Å². The normalized spacial score (nSPS) is 14.0. The fraction of sp³-hybridized carbons (Fsp3) is 0.0769. The Morgan fingerprint density at radius 2 is 1.87 bits per heavy atom. The van der Waals surface area contributed by atoms with Gasteiger partial charge in [0.2, 0.25) is 0 Å². The topological polar surface area (TPSA) is 58.0 Å². The molecule has 0 aliphatic carbocycles. The van der Waals surface area contributed by atoms with Gasteiger partial charge in [-0.15, -0.1) is 13.2 Å². The number of anilines is 1. The molecule has 2 heterocycles. The molecule has 0 unspecified atom stereocenters. The van der Waals surface area contributed by atoms with Crippen LogP contribution in [0.4, 0.5) is 18.9 Å². The Morgan fingerprint density at radius 1 is 1.17 bits per heavy atom. The molecule has 0 saturated carbocycles. The van der Waals surface area contributed by atoms with Crippen molar-refractivity contribution in [3.63, 3.8) is 0 Å². The highest BCUT2D eigenvalue weighted by molar-refractivity contribution is 6.74. The molecule has 0 bridgehead atoms. The molecule has 1 aromatic heterocycles. The summed E-state index contributed by atoms with van der Waals surface area (Å²) in [6.45, 7) is 0. The number of halogens is 4. The van der Waals surface area contributed by atoms with Gasteiger partial charge in [-0.1, -0.05) is 11.6 Å². The summed E-state index contributed by atoms with van der Waals surface area (Å²) in [5, 5.41) is 14.6. The number of hydrogen-bond acceptors (Lipinski definition) is 5. The first-order valence-electron chi connectivity index (χ1n) is 6.36. The largest absolute Gasteiger partial charge is 0.573 e. The Kier molecular flexibility index (Phi) is 3.91. The van der Waals surface area contributed by atoms with Gasteiger partial charge in [-0.3, -0.25) is 4.92 Å². The molecule has 1 aromatic carbocycles. The number of hydrazone groups is 1. The van der Waals surface area contributed by atoms with Crippen LogP contribution in [0.2, 0.25) is 5.15 Å². The van der Waals surface area contributed by atoms with Crippen LogP contribution in [0.1, 0.15) is 5.56 Å². The molecule has 0 radical (unpaired) electrons. The molecule has 3 rings (SSSR count). The molecule has 23 heavy (non-hydrogen) atoms. The summed E-state index contributed by atoms with van der Waals surface area (Å²) in [6, 6.07) is 6.59. The summed E-state index contributed by atoms with van der Waals surface area (Å²) in [4.78, 5) is 5.11. The molecule has 10 heteroatoms. The van der Waals surface area contributed by atoms with Crippen molar-refractivity contribution >= 4 is 36.0 Å². The minimum Gasteiger partial charge on any atom is -0.427 e. The molecular weight excluding hydrogens is 333 g/mol. The maximum Gasteiger partial charge on any atom is 0.573 e. The predicted octanol–water partition coefficient (Wildman–Crippen LogP) is 2.18. The Bertz CT molecular complexity index is 755. The fourth-order valence-corrected chi connectivity index (χ4v) is 2.41. The average molecular weight is 341 g/mol. The zero-order valence-corrected chi connectivity index (χ0v) is 12.1. The van der Waals surface area contributed by atoms with Crippen molar-refractivity contribution < 1.29 is 22.9 Å². The smallest absolute Gasteiger partial charge is 0.427 e. The number of alkyl halides is 3. The van der Waals surface area contributed by atoms with E-state index in [2.05, 4.69) is 14.8 Å². The summed E-state index contributed by atoms with van der Waals surface area (Å²) in [5.74, 6) is -0.364. The molecule has 1 N–H and O–H groups in total. The highest BCUT2D eigenvalue weighted by Crippen LogP contribution is 2.26. The lowest BCUT2D eigenvalue weighted by Gasteiger charge is -2.27. The first-order valence-corrected chi connectivity index (χ1v) is 6.74. The van der Waals surface area contributed by atoms with E-state index in [4.69, 9.17) is 11.6 Å². The van der Waals surface area contributed by atoms with Crippen molar-refractivity contribution in [2.45, 2.75) is 6.36 Å². The highest BCUT2D eigenvalue weighted by atomic mass is 35.5. The molecule has 0 saturated heterocycles. The van der Waals surface area contributed by atoms with E-state index in [1.165, 1.54) is 29.5 Å². The third-order valence-electron chi connectivity index (χ3n) is 3.12. The van der Waals surface area contributed by atoms with Crippen LogP contribution in [-0.4, -0.2) is 29.6 Å². The molecule has 0 amide bonds. The van der Waals surface area contributed by atoms with E-state index in [9.17, 15) is 18.2 Å². The van der Waals surface area contributed by atoms with Crippen LogP contribution < -0.4 is 15.1 Å². The van der Waals surface area contributed by atoms with Gasteiger partial charge in [0.15, 0.2) is 0 Å². The quantitative estimate of drug-likeness (QED) is 0.672. The van der Waals surface area contributed by atoms with Crippen LogP contribution in [-0.2, 0) is 0 Å². The molecule has 1 aliphatic rings. The van der Waals surface area contributed by atoms with E-state index in [1.54, 1.807) is 6.07 Å². The van der Waals surface area contributed by atoms with Crippen molar-refractivity contribution in [1.82, 2.24) is 4.98 Å². The first kappa shape index (κ1) is 15.6. The van der Waals surface area contributed by atoms with Crippen molar-refractivity contribution in [2.24, 2.45) is 5.10 Å². The molecule has 5 nitrogen and oxygen atoms in total. The highest BCUT2D eigenvalue weighted by Gasteiger charge is 2.34. The molecule has 2 aromatic rings. The fourth-order valence-electron chi connectivity index (χ4n) is 2.15. The summed E-state index contributed by atoms with van der Waals surface area (Å²) < 4.78 is 40.2. The van der Waals surface area contributed by atoms with Gasteiger partial charge in [0, 0.05) is 17.3 Å². The van der Waals surface area contributed by atoms with E-state index >= 15 is 0 Å². The number of fused-ring (bicyclic) bond motifs is 1. The van der Waals surface area contributed by atoms with E-state index in [-0.39, 0.29) is 10.9 Å². The minimum absolute atomic E-state index is 0.128. The zero-order chi connectivity index (χ0) is 16.6. The van der Waals surface area contributed by atoms with Crippen molar-refractivity contribution in [1.29, 1.82) is 0 Å². The van der Waals surface area contributed by atoms with Crippen molar-refractivity contribution in [3.8, 4) is 5.75 Å². The third kappa shape index (κ3) is 3.25. The van der Waals surface area contributed by atoms with Crippen LogP contribution in [0.3, 0.4) is 0 Å². The van der Waals surface area contributed by atoms with Crippen LogP contribution in [0.25, 0.3) is 0 Å². The van der Waals surface area contributed by atoms with Crippen LogP contribution in [0.15, 0.2) is 41.6 Å². The van der Waals surface area contributed by atoms with Gasteiger partial charge in [-0.2, -0.15) is 5.10 Å². The maximum atomic E-state index is 12.2. The van der Waals surface area contributed by atoms with E-state index < -0.39 is 13.4 Å². The SMILES string of the molecule is OB1c2c(ccnc2Cl)C=NN1c1ccc(OC(F)(F)F)cc1. The number of rotatable bonds is 2. The minimum atomic E-state index is -4.76. The molecule has 0 fully saturated rings. The second kappa shape index (κ2) is 5.75. The Labute approximate surface area is 134 Å². The number of nitrogens with zero attached hydrogens (tertiary/aromatic N) is 3. The van der Waals surface area contributed by atoms with E-state index in [0.717, 1.165) is 12.1 Å². The summed E-state index contributed by atoms with van der Waals surface area (Å²) in [5.41, 5.74) is 1.36. The standard InChI is InChI=1S/C13H8BClF3N3O2/c15-12-11-8(5-6-19-12)7-20-21(14(11)22)9-1-3-10(4-2-9)23-13(16,17)18/h1-7,22H. The third-order valence-corrected chi connectivity index (χ3v) is 3.42. The van der Waals surface area contributed by atoms with Gasteiger partial charge in [-0.05, 0) is 35.9 Å². The Balaban J connectivity index is 1.87. The lowest BCUT2D eigenvalue weighted by atomic mass is 9.70. The maximum absolute atomic E-state index is 12.2. The zero-order valence-electron chi connectivity index (χ0n) is 11.3. The molecule has 118 valence electrons. The molecule has 1 aliphatic heterocycles. The second-order valence-corrected chi connectivity index (χ2v) is 4.97. The monoisotopic (exact) mass is 341 g/mol. The summed E-state index contributed by atoms with van der Waals surface area (Å²) in [7, 11) is -1.20. The van der Waals surface area contributed by atoms with Gasteiger partial charge in [0.05, 0.1) is 6.21 Å². The summed E-state index contributed by atoms with van der Waals surface area (Å²) in [6.07, 6.45) is -1.79. The predicted molar refractivity (Wildman–Crippen MR) is 80.1 cm³/mol. The Morgan fingerprint density at radius 3 is 2.52 bits per heavy atom. The average Bonchev–Trinajstić information content (AvgIpc) is 2.47. The first-order chi connectivity index (χ1) is 10.8. The molecule has 0 spiro atoms. The lowest BCUT2D eigenvalue weighted by Crippen LogP contribution is -2.50. The Hall–Kier alpha value is -2.26.